The normalized spacial score (nSPS) is 10.9. The average Bonchev–Trinajstić information content (AvgIpc) is 2.90. The van der Waals surface area contributed by atoms with Crippen LogP contribution in [-0.4, -0.2) is 27.6 Å². The molecule has 0 amide bonds. The van der Waals surface area contributed by atoms with E-state index in [1.807, 2.05) is 24.4 Å². The molecule has 0 saturated heterocycles. The highest BCUT2D eigenvalue weighted by atomic mass is 16.4. The van der Waals surface area contributed by atoms with Crippen molar-refractivity contribution in [1.82, 2.24) is 9.97 Å². The molecule has 0 atom stereocenters. The van der Waals surface area contributed by atoms with Gasteiger partial charge >= 0.3 is 5.97 Å². The van der Waals surface area contributed by atoms with Crippen LogP contribution in [0.5, 0.6) is 0 Å². The highest BCUT2D eigenvalue weighted by molar-refractivity contribution is 5.97. The van der Waals surface area contributed by atoms with E-state index in [0.717, 1.165) is 28.5 Å². The standard InChI is InChI=1S/C16H15N3O2/c17-5-3-11-8-19-15-2-1-10(7-13(11)15)14-9-18-6-4-12(14)16(20)21/h1-2,4,6-9,19H,3,5,17H2,(H,20,21). The Morgan fingerprint density at radius 1 is 1.33 bits per heavy atom. The minimum absolute atomic E-state index is 0.250. The number of nitrogens with zero attached hydrogens (tertiary/aromatic N) is 1. The average molecular weight is 281 g/mol. The second-order valence-electron chi connectivity index (χ2n) is 4.84. The molecule has 0 unspecified atom stereocenters. The van der Waals surface area contributed by atoms with Crippen LogP contribution in [0.15, 0.2) is 42.9 Å². The van der Waals surface area contributed by atoms with Crippen LogP contribution in [0.3, 0.4) is 0 Å². The predicted molar refractivity (Wildman–Crippen MR) is 81.2 cm³/mol. The maximum atomic E-state index is 11.3. The SMILES string of the molecule is NCCc1c[nH]c2ccc(-c3cnccc3C(=O)O)cc12. The number of hydrogen-bond acceptors (Lipinski definition) is 3. The molecule has 21 heavy (non-hydrogen) atoms. The van der Waals surface area contributed by atoms with E-state index in [2.05, 4.69) is 9.97 Å². The van der Waals surface area contributed by atoms with Crippen LogP contribution >= 0.6 is 0 Å². The monoisotopic (exact) mass is 281 g/mol. The molecule has 1 aromatic carbocycles. The van der Waals surface area contributed by atoms with Crippen LogP contribution < -0.4 is 5.73 Å². The Kier molecular flexibility index (Phi) is 3.41. The smallest absolute Gasteiger partial charge is 0.336 e. The highest BCUT2D eigenvalue weighted by Crippen LogP contribution is 2.28. The van der Waals surface area contributed by atoms with Gasteiger partial charge in [0.1, 0.15) is 0 Å². The Hall–Kier alpha value is -2.66. The largest absolute Gasteiger partial charge is 0.478 e. The minimum Gasteiger partial charge on any atom is -0.478 e. The molecule has 5 nitrogen and oxygen atoms in total. The van der Waals surface area contributed by atoms with E-state index < -0.39 is 5.97 Å². The number of aromatic amines is 1. The van der Waals surface area contributed by atoms with Crippen LogP contribution in [0.1, 0.15) is 15.9 Å². The van der Waals surface area contributed by atoms with Crippen molar-refractivity contribution in [3.05, 3.63) is 54.0 Å². The molecule has 3 rings (SSSR count). The van der Waals surface area contributed by atoms with Crippen molar-refractivity contribution >= 4 is 16.9 Å². The van der Waals surface area contributed by atoms with Gasteiger partial charge in [-0.2, -0.15) is 0 Å². The summed E-state index contributed by atoms with van der Waals surface area (Å²) in [5.74, 6) is -0.955. The van der Waals surface area contributed by atoms with Crippen molar-refractivity contribution in [2.45, 2.75) is 6.42 Å². The summed E-state index contributed by atoms with van der Waals surface area (Å²) in [6, 6.07) is 7.35. The molecular formula is C16H15N3O2. The zero-order valence-corrected chi connectivity index (χ0v) is 11.3. The zero-order valence-electron chi connectivity index (χ0n) is 11.3. The van der Waals surface area contributed by atoms with E-state index in [-0.39, 0.29) is 5.56 Å². The molecule has 3 aromatic rings. The number of rotatable bonds is 4. The third-order valence-electron chi connectivity index (χ3n) is 3.54. The Labute approximate surface area is 121 Å². The molecule has 0 aliphatic carbocycles. The first kappa shape index (κ1) is 13.3. The van der Waals surface area contributed by atoms with Gasteiger partial charge in [-0.1, -0.05) is 6.07 Å². The molecule has 4 N–H and O–H groups in total. The fourth-order valence-electron chi connectivity index (χ4n) is 2.52. The quantitative estimate of drug-likeness (QED) is 0.684. The van der Waals surface area contributed by atoms with E-state index in [1.165, 1.54) is 12.3 Å². The maximum absolute atomic E-state index is 11.3. The summed E-state index contributed by atoms with van der Waals surface area (Å²) in [7, 11) is 0. The van der Waals surface area contributed by atoms with E-state index in [9.17, 15) is 9.90 Å². The molecule has 0 bridgehead atoms. The number of carbonyl (C=O) groups is 1. The number of carboxylic acids is 1. The first-order valence-electron chi connectivity index (χ1n) is 6.68. The Morgan fingerprint density at radius 2 is 2.19 bits per heavy atom. The first-order chi connectivity index (χ1) is 10.2. The molecule has 0 saturated carbocycles. The summed E-state index contributed by atoms with van der Waals surface area (Å²) in [5, 5.41) is 10.4. The molecule has 0 spiro atoms. The highest BCUT2D eigenvalue weighted by Gasteiger charge is 2.13. The number of aromatic nitrogens is 2. The number of carboxylic acid groups (broad SMARTS) is 1. The number of benzene rings is 1. The lowest BCUT2D eigenvalue weighted by atomic mass is 9.99. The molecule has 0 aliphatic rings. The van der Waals surface area contributed by atoms with E-state index in [0.29, 0.717) is 12.1 Å². The third kappa shape index (κ3) is 2.39. The molecule has 106 valence electrons. The van der Waals surface area contributed by atoms with Crippen molar-refractivity contribution in [2.75, 3.05) is 6.54 Å². The number of nitrogens with one attached hydrogen (secondary N) is 1. The van der Waals surface area contributed by atoms with Crippen molar-refractivity contribution in [1.29, 1.82) is 0 Å². The molecule has 0 aliphatic heterocycles. The number of fused-ring (bicyclic) bond motifs is 1. The fourth-order valence-corrected chi connectivity index (χ4v) is 2.52. The number of pyridine rings is 1. The lowest BCUT2D eigenvalue weighted by Gasteiger charge is -2.06. The van der Waals surface area contributed by atoms with Gasteiger partial charge in [-0.05, 0) is 42.3 Å². The molecule has 2 heterocycles. The number of nitrogens with two attached hydrogens (primary N) is 1. The second kappa shape index (κ2) is 5.38. The van der Waals surface area contributed by atoms with Gasteiger partial charge in [0.2, 0.25) is 0 Å². The Balaban J connectivity index is 2.17. The van der Waals surface area contributed by atoms with Crippen LogP contribution in [0.25, 0.3) is 22.0 Å². The second-order valence-corrected chi connectivity index (χ2v) is 4.84. The fraction of sp³-hybridized carbons (Fsp3) is 0.125. The van der Waals surface area contributed by atoms with Crippen LogP contribution in [0.2, 0.25) is 0 Å². The third-order valence-corrected chi connectivity index (χ3v) is 3.54. The summed E-state index contributed by atoms with van der Waals surface area (Å²) in [4.78, 5) is 18.6. The van der Waals surface area contributed by atoms with Crippen molar-refractivity contribution < 1.29 is 9.90 Å². The van der Waals surface area contributed by atoms with E-state index in [1.54, 1.807) is 6.20 Å². The topological polar surface area (TPSA) is 92.0 Å². The summed E-state index contributed by atoms with van der Waals surface area (Å²) in [5.41, 5.74) is 9.48. The van der Waals surface area contributed by atoms with Crippen LogP contribution in [0.4, 0.5) is 0 Å². The Morgan fingerprint density at radius 3 is 2.95 bits per heavy atom. The molecule has 0 radical (unpaired) electrons. The zero-order chi connectivity index (χ0) is 14.8. The van der Waals surface area contributed by atoms with Crippen LogP contribution in [0, 0.1) is 0 Å². The van der Waals surface area contributed by atoms with Gasteiger partial charge in [-0.15, -0.1) is 0 Å². The van der Waals surface area contributed by atoms with Gasteiger partial charge in [0, 0.05) is 35.1 Å². The maximum Gasteiger partial charge on any atom is 0.336 e. The first-order valence-corrected chi connectivity index (χ1v) is 6.68. The summed E-state index contributed by atoms with van der Waals surface area (Å²) in [6.07, 6.45) is 5.80. The van der Waals surface area contributed by atoms with E-state index >= 15 is 0 Å². The predicted octanol–water partition coefficient (Wildman–Crippen LogP) is 2.43. The molecule has 2 aromatic heterocycles. The van der Waals surface area contributed by atoms with Crippen molar-refractivity contribution in [3.63, 3.8) is 0 Å². The van der Waals surface area contributed by atoms with Gasteiger partial charge in [0.25, 0.3) is 0 Å². The van der Waals surface area contributed by atoms with Gasteiger partial charge in [-0.25, -0.2) is 4.79 Å². The van der Waals surface area contributed by atoms with Crippen molar-refractivity contribution in [2.24, 2.45) is 5.73 Å². The van der Waals surface area contributed by atoms with Gasteiger partial charge < -0.3 is 15.8 Å². The summed E-state index contributed by atoms with van der Waals surface area (Å²) >= 11 is 0. The van der Waals surface area contributed by atoms with Gasteiger partial charge in [-0.3, -0.25) is 4.98 Å². The minimum atomic E-state index is -0.955. The lowest BCUT2D eigenvalue weighted by molar-refractivity contribution is 0.0697. The number of hydrogen-bond donors (Lipinski definition) is 3. The van der Waals surface area contributed by atoms with Crippen LogP contribution in [-0.2, 0) is 6.42 Å². The number of aromatic carboxylic acids is 1. The summed E-state index contributed by atoms with van der Waals surface area (Å²) < 4.78 is 0. The molecule has 5 heteroatoms. The number of H-pyrrole nitrogens is 1. The van der Waals surface area contributed by atoms with Crippen molar-refractivity contribution in [3.8, 4) is 11.1 Å². The summed E-state index contributed by atoms with van der Waals surface area (Å²) in [6.45, 7) is 0.574. The van der Waals surface area contributed by atoms with Gasteiger partial charge in [0.05, 0.1) is 5.56 Å². The molecule has 0 fully saturated rings. The van der Waals surface area contributed by atoms with Gasteiger partial charge in [0.15, 0.2) is 0 Å². The lowest BCUT2D eigenvalue weighted by Crippen LogP contribution is -2.02. The molecular weight excluding hydrogens is 266 g/mol. The Bertz CT molecular complexity index is 808. The van der Waals surface area contributed by atoms with E-state index in [4.69, 9.17) is 5.73 Å².